The molecule has 0 saturated carbocycles. The van der Waals surface area contributed by atoms with Gasteiger partial charge in [0.2, 0.25) is 0 Å². The molecule has 0 aliphatic carbocycles. The smallest absolute Gasteiger partial charge is 0.532 e. The molecule has 1 N–H and O–H groups in total. The molecule has 15 heavy (non-hydrogen) atoms. The van der Waals surface area contributed by atoms with E-state index in [1.807, 2.05) is 17.5 Å². The predicted octanol–water partition coefficient (Wildman–Crippen LogP) is 2.17. The van der Waals surface area contributed by atoms with Gasteiger partial charge in [0, 0.05) is 9.80 Å². The first-order chi connectivity index (χ1) is 7.25. The van der Waals surface area contributed by atoms with Gasteiger partial charge < -0.3 is 9.68 Å². The molecule has 0 fully saturated rings. The fourth-order valence-electron chi connectivity index (χ4n) is 1.16. The van der Waals surface area contributed by atoms with Gasteiger partial charge in [-0.05, 0) is 23.6 Å². The summed E-state index contributed by atoms with van der Waals surface area (Å²) >= 11 is 7.24. The fourth-order valence-corrected chi connectivity index (χ4v) is 1.98. The third-order valence-corrected chi connectivity index (χ3v) is 2.97. The molecule has 1 aromatic heterocycles. The minimum Gasteiger partial charge on any atom is -0.532 e. The van der Waals surface area contributed by atoms with Gasteiger partial charge in [-0.15, -0.1) is 0 Å². The maximum absolute atomic E-state index is 9.70. The summed E-state index contributed by atoms with van der Waals surface area (Å²) in [5.41, 5.74) is 0. The number of thiophene rings is 1. The molecule has 0 aliphatic heterocycles. The van der Waals surface area contributed by atoms with Gasteiger partial charge in [-0.25, -0.2) is 0 Å². The zero-order valence-corrected chi connectivity index (χ0v) is 9.33. The largest absolute Gasteiger partial charge is 0.570 e. The summed E-state index contributed by atoms with van der Waals surface area (Å²) < 4.78 is 6.09. The van der Waals surface area contributed by atoms with E-state index >= 15 is 0 Å². The Morgan fingerprint density at radius 2 is 2.13 bits per heavy atom. The van der Waals surface area contributed by atoms with Gasteiger partial charge in [-0.1, -0.05) is 29.8 Å². The molecule has 1 heterocycles. The zero-order valence-electron chi connectivity index (χ0n) is 7.76. The van der Waals surface area contributed by atoms with Gasteiger partial charge in [-0.3, -0.25) is 0 Å². The molecule has 5 heteroatoms. The summed E-state index contributed by atoms with van der Waals surface area (Å²) in [6.45, 7) is 0. The van der Waals surface area contributed by atoms with Crippen LogP contribution in [-0.2, 0) is 0 Å². The second kappa shape index (κ2) is 4.70. The molecule has 0 aliphatic rings. The molecule has 0 atom stereocenters. The minimum absolute atomic E-state index is 0.559. The van der Waals surface area contributed by atoms with Crippen molar-refractivity contribution in [3.05, 3.63) is 46.8 Å². The maximum atomic E-state index is 9.70. The number of hydrogen-bond acceptors (Lipinski definition) is 3. The topological polar surface area (TPSA) is 29.5 Å². The summed E-state index contributed by atoms with van der Waals surface area (Å²) in [7, 11) is -0.927. The van der Waals surface area contributed by atoms with Crippen molar-refractivity contribution >= 4 is 34.8 Å². The van der Waals surface area contributed by atoms with Crippen molar-refractivity contribution in [1.29, 1.82) is 0 Å². The molecular formula is C10H8BClO2S. The van der Waals surface area contributed by atoms with E-state index in [2.05, 4.69) is 0 Å². The lowest BCUT2D eigenvalue weighted by Crippen LogP contribution is -2.34. The van der Waals surface area contributed by atoms with Crippen molar-refractivity contribution in [1.82, 2.24) is 0 Å². The van der Waals surface area contributed by atoms with Crippen LogP contribution in [0.2, 0.25) is 5.02 Å². The van der Waals surface area contributed by atoms with Crippen molar-refractivity contribution in [3.63, 3.8) is 0 Å². The Morgan fingerprint density at radius 1 is 1.27 bits per heavy atom. The molecule has 0 spiro atoms. The molecule has 0 amide bonds. The molecule has 2 nitrogen and oxygen atoms in total. The highest BCUT2D eigenvalue weighted by molar-refractivity contribution is 7.20. The van der Waals surface area contributed by atoms with Crippen LogP contribution in [0.25, 0.3) is 0 Å². The first kappa shape index (κ1) is 10.5. The molecule has 0 unspecified atom stereocenters. The quantitative estimate of drug-likeness (QED) is 0.831. The molecule has 0 saturated heterocycles. The number of halogens is 1. The third kappa shape index (κ3) is 2.75. The molecule has 0 bridgehead atoms. The normalized spacial score (nSPS) is 10.0. The molecule has 0 radical (unpaired) electrons. The van der Waals surface area contributed by atoms with Crippen molar-refractivity contribution in [2.75, 3.05) is 0 Å². The highest BCUT2D eigenvalue weighted by atomic mass is 35.5. The SMILES string of the molecule is OB(Oc1cccc(Cl)c1)c1cccs1. The van der Waals surface area contributed by atoms with Gasteiger partial charge in [0.15, 0.2) is 0 Å². The van der Waals surface area contributed by atoms with Crippen LogP contribution in [0.1, 0.15) is 0 Å². The molecular weight excluding hydrogens is 230 g/mol. The van der Waals surface area contributed by atoms with Gasteiger partial charge in [0.05, 0.1) is 0 Å². The number of hydrogen-bond donors (Lipinski definition) is 1. The Kier molecular flexibility index (Phi) is 3.31. The maximum Gasteiger partial charge on any atom is 0.570 e. The Bertz CT molecular complexity index is 433. The van der Waals surface area contributed by atoms with E-state index < -0.39 is 7.12 Å². The monoisotopic (exact) mass is 238 g/mol. The Balaban J connectivity index is 2.09. The van der Waals surface area contributed by atoms with E-state index in [0.29, 0.717) is 10.8 Å². The third-order valence-electron chi connectivity index (χ3n) is 1.83. The molecule has 2 aromatic rings. The van der Waals surface area contributed by atoms with Crippen molar-refractivity contribution in [3.8, 4) is 5.75 Å². The highest BCUT2D eigenvalue weighted by Gasteiger charge is 2.19. The van der Waals surface area contributed by atoms with E-state index in [0.717, 1.165) is 4.78 Å². The summed E-state index contributed by atoms with van der Waals surface area (Å²) in [5.74, 6) is 0.559. The second-order valence-electron chi connectivity index (χ2n) is 2.94. The van der Waals surface area contributed by atoms with E-state index in [1.165, 1.54) is 11.3 Å². The average molecular weight is 239 g/mol. The van der Waals surface area contributed by atoms with E-state index in [1.54, 1.807) is 24.3 Å². The molecule has 1 aromatic carbocycles. The van der Waals surface area contributed by atoms with E-state index in [4.69, 9.17) is 16.3 Å². The lowest BCUT2D eigenvalue weighted by molar-refractivity contribution is 0.434. The van der Waals surface area contributed by atoms with Gasteiger partial charge in [-0.2, -0.15) is 11.3 Å². The number of rotatable bonds is 3. The zero-order chi connectivity index (χ0) is 10.7. The van der Waals surface area contributed by atoms with Crippen LogP contribution in [-0.4, -0.2) is 12.1 Å². The van der Waals surface area contributed by atoms with E-state index in [9.17, 15) is 5.02 Å². The van der Waals surface area contributed by atoms with E-state index in [-0.39, 0.29) is 0 Å². The summed E-state index contributed by atoms with van der Waals surface area (Å²) in [4.78, 5) is 0. The fraction of sp³-hybridized carbons (Fsp3) is 0. The van der Waals surface area contributed by atoms with Crippen LogP contribution in [0.5, 0.6) is 5.75 Å². The van der Waals surface area contributed by atoms with Crippen LogP contribution in [0.15, 0.2) is 41.8 Å². The Morgan fingerprint density at radius 3 is 2.80 bits per heavy atom. The Labute approximate surface area is 97.2 Å². The predicted molar refractivity (Wildman–Crippen MR) is 64.0 cm³/mol. The van der Waals surface area contributed by atoms with Crippen LogP contribution < -0.4 is 9.43 Å². The first-order valence-corrected chi connectivity index (χ1v) is 5.65. The van der Waals surface area contributed by atoms with Gasteiger partial charge in [0.1, 0.15) is 5.75 Å². The lowest BCUT2D eigenvalue weighted by Gasteiger charge is -2.08. The second-order valence-corrected chi connectivity index (χ2v) is 4.36. The summed E-state index contributed by atoms with van der Waals surface area (Å²) in [5, 5.41) is 12.2. The van der Waals surface area contributed by atoms with Crippen LogP contribution >= 0.6 is 22.9 Å². The summed E-state index contributed by atoms with van der Waals surface area (Å²) in [6, 6.07) is 10.6. The standard InChI is InChI=1S/C10H8BClO2S/c12-8-3-1-4-9(7-8)14-11(13)10-5-2-6-15-10/h1-7,13H. The lowest BCUT2D eigenvalue weighted by atomic mass is 9.88. The van der Waals surface area contributed by atoms with Crippen molar-refractivity contribution in [2.24, 2.45) is 0 Å². The summed E-state index contributed by atoms with van der Waals surface area (Å²) in [6.07, 6.45) is 0. The number of benzene rings is 1. The van der Waals surface area contributed by atoms with Gasteiger partial charge >= 0.3 is 7.12 Å². The van der Waals surface area contributed by atoms with Crippen molar-refractivity contribution in [2.45, 2.75) is 0 Å². The highest BCUT2D eigenvalue weighted by Crippen LogP contribution is 2.17. The van der Waals surface area contributed by atoms with Crippen LogP contribution in [0.3, 0.4) is 0 Å². The molecule has 2 rings (SSSR count). The molecule has 76 valence electrons. The van der Waals surface area contributed by atoms with Crippen LogP contribution in [0.4, 0.5) is 0 Å². The van der Waals surface area contributed by atoms with Gasteiger partial charge in [0.25, 0.3) is 0 Å². The van der Waals surface area contributed by atoms with Crippen LogP contribution in [0, 0.1) is 0 Å². The first-order valence-electron chi connectivity index (χ1n) is 4.39. The average Bonchev–Trinajstić information content (AvgIpc) is 2.70. The minimum atomic E-state index is -0.927. The van der Waals surface area contributed by atoms with Crippen molar-refractivity contribution < 1.29 is 9.68 Å². The Hall–Kier alpha value is -0.965.